The lowest BCUT2D eigenvalue weighted by Gasteiger charge is -2.14. The number of nitrogens with zero attached hydrogens (tertiary/aromatic N) is 1. The molecule has 1 aliphatic rings. The molecule has 0 spiro atoms. The number of amides is 1. The fourth-order valence-electron chi connectivity index (χ4n) is 2.06. The molecule has 1 aromatic carbocycles. The molecule has 0 aliphatic carbocycles. The molecule has 2 rings (SSSR count). The van der Waals surface area contributed by atoms with E-state index in [9.17, 15) is 4.79 Å². The summed E-state index contributed by atoms with van der Waals surface area (Å²) in [5.74, 6) is -0.0877. The summed E-state index contributed by atoms with van der Waals surface area (Å²) in [5, 5.41) is 3.01. The number of likely N-dealkylation sites (tertiary alicyclic amines) is 1. The van der Waals surface area contributed by atoms with Gasteiger partial charge in [-0.25, -0.2) is 0 Å². The Kier molecular flexibility index (Phi) is 3.69. The summed E-state index contributed by atoms with van der Waals surface area (Å²) < 4.78 is 0.882. The van der Waals surface area contributed by atoms with E-state index in [1.54, 1.807) is 12.1 Å². The van der Waals surface area contributed by atoms with E-state index in [2.05, 4.69) is 33.2 Å². The smallest absolute Gasteiger partial charge is 0.253 e. The topological polar surface area (TPSA) is 58.4 Å². The quantitative estimate of drug-likeness (QED) is 0.813. The molecule has 1 atom stereocenters. The highest BCUT2D eigenvalue weighted by Gasteiger charge is 2.22. The molecule has 92 valence electrons. The van der Waals surface area contributed by atoms with Crippen molar-refractivity contribution in [1.82, 2.24) is 10.2 Å². The summed E-state index contributed by atoms with van der Waals surface area (Å²) in [5.41, 5.74) is 6.87. The molecule has 5 heteroatoms. The average molecular weight is 298 g/mol. The first kappa shape index (κ1) is 12.4. The number of rotatable bonds is 2. The maximum atomic E-state index is 12.0. The van der Waals surface area contributed by atoms with Crippen molar-refractivity contribution in [2.75, 3.05) is 25.9 Å². The second kappa shape index (κ2) is 5.06. The summed E-state index contributed by atoms with van der Waals surface area (Å²) in [7, 11) is 2.06. The fraction of sp³-hybridized carbons (Fsp3) is 0.417. The van der Waals surface area contributed by atoms with Gasteiger partial charge in [-0.05, 0) is 38.2 Å². The number of nitrogens with one attached hydrogen (secondary N) is 1. The predicted molar refractivity (Wildman–Crippen MR) is 71.9 cm³/mol. The van der Waals surface area contributed by atoms with Crippen LogP contribution in [0.3, 0.4) is 0 Å². The van der Waals surface area contributed by atoms with E-state index in [1.807, 2.05) is 6.07 Å². The van der Waals surface area contributed by atoms with Gasteiger partial charge in [-0.2, -0.15) is 0 Å². The molecule has 1 heterocycles. The third-order valence-corrected chi connectivity index (χ3v) is 3.48. The number of likely N-dealkylation sites (N-methyl/N-ethyl adjacent to an activating group) is 1. The molecule has 3 N–H and O–H groups in total. The first-order valence-corrected chi connectivity index (χ1v) is 6.40. The summed E-state index contributed by atoms with van der Waals surface area (Å²) in [6, 6.07) is 5.55. The van der Waals surface area contributed by atoms with Crippen LogP contribution in [0.1, 0.15) is 16.8 Å². The molecular weight excluding hydrogens is 282 g/mol. The zero-order chi connectivity index (χ0) is 12.4. The maximum Gasteiger partial charge on any atom is 0.253 e. The van der Waals surface area contributed by atoms with Crippen LogP contribution >= 0.6 is 15.9 Å². The number of hydrogen-bond donors (Lipinski definition) is 2. The van der Waals surface area contributed by atoms with Crippen molar-refractivity contribution in [2.45, 2.75) is 12.5 Å². The minimum Gasteiger partial charge on any atom is -0.398 e. The number of halogens is 1. The van der Waals surface area contributed by atoms with Gasteiger partial charge in [0.2, 0.25) is 0 Å². The average Bonchev–Trinajstić information content (AvgIpc) is 2.63. The molecule has 1 aliphatic heterocycles. The largest absolute Gasteiger partial charge is 0.398 e. The molecule has 1 amide bonds. The second-order valence-corrected chi connectivity index (χ2v) is 5.37. The van der Waals surface area contributed by atoms with Gasteiger partial charge in [0, 0.05) is 22.7 Å². The number of nitrogen functional groups attached to an aromatic ring is 1. The molecule has 17 heavy (non-hydrogen) atoms. The standard InChI is InChI=1S/C12H16BrN3O/c1-16-5-4-9(7-16)15-12(17)10-3-2-8(13)6-11(10)14/h2-3,6,9H,4-5,7,14H2,1H3,(H,15,17). The van der Waals surface area contributed by atoms with E-state index in [4.69, 9.17) is 5.73 Å². The second-order valence-electron chi connectivity index (χ2n) is 4.45. The van der Waals surface area contributed by atoms with Crippen LogP contribution in [-0.4, -0.2) is 37.0 Å². The fourth-order valence-corrected chi connectivity index (χ4v) is 2.44. The Morgan fingerprint density at radius 1 is 1.59 bits per heavy atom. The number of anilines is 1. The highest BCUT2D eigenvalue weighted by Crippen LogP contribution is 2.19. The Balaban J connectivity index is 2.04. The van der Waals surface area contributed by atoms with Gasteiger partial charge in [-0.15, -0.1) is 0 Å². The lowest BCUT2D eigenvalue weighted by Crippen LogP contribution is -2.36. The van der Waals surface area contributed by atoms with E-state index in [0.29, 0.717) is 11.3 Å². The highest BCUT2D eigenvalue weighted by molar-refractivity contribution is 9.10. The Bertz CT molecular complexity index is 436. The molecule has 0 aromatic heterocycles. The Morgan fingerprint density at radius 3 is 2.94 bits per heavy atom. The van der Waals surface area contributed by atoms with Gasteiger partial charge in [0.25, 0.3) is 5.91 Å². The summed E-state index contributed by atoms with van der Waals surface area (Å²) in [4.78, 5) is 14.2. The lowest BCUT2D eigenvalue weighted by molar-refractivity contribution is 0.0939. The number of hydrogen-bond acceptors (Lipinski definition) is 3. The van der Waals surface area contributed by atoms with Crippen LogP contribution in [0.4, 0.5) is 5.69 Å². The molecule has 0 bridgehead atoms. The first-order chi connectivity index (χ1) is 8.06. The van der Waals surface area contributed by atoms with Crippen LogP contribution in [0.5, 0.6) is 0 Å². The molecule has 1 fully saturated rings. The molecule has 1 saturated heterocycles. The normalized spacial score (nSPS) is 20.5. The van der Waals surface area contributed by atoms with Gasteiger partial charge in [-0.1, -0.05) is 15.9 Å². The van der Waals surface area contributed by atoms with Crippen molar-refractivity contribution < 1.29 is 4.79 Å². The molecule has 4 nitrogen and oxygen atoms in total. The summed E-state index contributed by atoms with van der Waals surface area (Å²) >= 11 is 3.32. The van der Waals surface area contributed by atoms with Crippen LogP contribution in [0, 0.1) is 0 Å². The van der Waals surface area contributed by atoms with Crippen molar-refractivity contribution in [3.05, 3.63) is 28.2 Å². The zero-order valence-corrected chi connectivity index (χ0v) is 11.3. The predicted octanol–water partition coefficient (Wildman–Crippen LogP) is 1.47. The van der Waals surface area contributed by atoms with Gasteiger partial charge in [0.1, 0.15) is 0 Å². The summed E-state index contributed by atoms with van der Waals surface area (Å²) in [6.07, 6.45) is 0.999. The van der Waals surface area contributed by atoms with Crippen LogP contribution in [0.25, 0.3) is 0 Å². The van der Waals surface area contributed by atoms with Gasteiger partial charge >= 0.3 is 0 Å². The zero-order valence-electron chi connectivity index (χ0n) is 9.74. The van der Waals surface area contributed by atoms with Gasteiger partial charge < -0.3 is 16.0 Å². The van der Waals surface area contributed by atoms with E-state index < -0.39 is 0 Å². The van der Waals surface area contributed by atoms with E-state index in [0.717, 1.165) is 24.0 Å². The Morgan fingerprint density at radius 2 is 2.35 bits per heavy atom. The number of nitrogens with two attached hydrogens (primary N) is 1. The highest BCUT2D eigenvalue weighted by atomic mass is 79.9. The molecular formula is C12H16BrN3O. The molecule has 0 saturated carbocycles. The first-order valence-electron chi connectivity index (χ1n) is 5.60. The SMILES string of the molecule is CN1CCC(NC(=O)c2ccc(Br)cc2N)C1. The van der Waals surface area contributed by atoms with Crippen molar-refractivity contribution in [3.63, 3.8) is 0 Å². The maximum absolute atomic E-state index is 12.0. The molecule has 1 aromatic rings. The summed E-state index contributed by atoms with van der Waals surface area (Å²) in [6.45, 7) is 1.93. The third-order valence-electron chi connectivity index (χ3n) is 2.98. The monoisotopic (exact) mass is 297 g/mol. The number of carbonyl (C=O) groups is 1. The minimum absolute atomic E-state index is 0.0877. The van der Waals surface area contributed by atoms with Crippen molar-refractivity contribution in [3.8, 4) is 0 Å². The van der Waals surface area contributed by atoms with Crippen LogP contribution in [-0.2, 0) is 0 Å². The minimum atomic E-state index is -0.0877. The van der Waals surface area contributed by atoms with E-state index >= 15 is 0 Å². The van der Waals surface area contributed by atoms with Gasteiger partial charge in [0.15, 0.2) is 0 Å². The van der Waals surface area contributed by atoms with Crippen LogP contribution < -0.4 is 11.1 Å². The van der Waals surface area contributed by atoms with E-state index in [1.165, 1.54) is 0 Å². The van der Waals surface area contributed by atoms with Crippen molar-refractivity contribution in [2.24, 2.45) is 0 Å². The number of carbonyl (C=O) groups excluding carboxylic acids is 1. The Hall–Kier alpha value is -1.07. The Labute approximate surface area is 109 Å². The third kappa shape index (κ3) is 2.98. The number of benzene rings is 1. The van der Waals surface area contributed by atoms with Crippen molar-refractivity contribution >= 4 is 27.5 Å². The molecule has 0 radical (unpaired) electrons. The molecule has 1 unspecified atom stereocenters. The van der Waals surface area contributed by atoms with Gasteiger partial charge in [-0.3, -0.25) is 4.79 Å². The lowest BCUT2D eigenvalue weighted by atomic mass is 10.1. The van der Waals surface area contributed by atoms with Crippen LogP contribution in [0.2, 0.25) is 0 Å². The van der Waals surface area contributed by atoms with E-state index in [-0.39, 0.29) is 11.9 Å². The van der Waals surface area contributed by atoms with Crippen molar-refractivity contribution in [1.29, 1.82) is 0 Å². The van der Waals surface area contributed by atoms with Gasteiger partial charge in [0.05, 0.1) is 5.56 Å². The van der Waals surface area contributed by atoms with Crippen LogP contribution in [0.15, 0.2) is 22.7 Å².